The highest BCUT2D eigenvalue weighted by molar-refractivity contribution is 7.92. The molecule has 10 heteroatoms. The molecule has 2 aromatic carbocycles. The molecule has 0 aliphatic heterocycles. The van der Waals surface area contributed by atoms with Crippen molar-refractivity contribution in [2.24, 2.45) is 5.73 Å². The average molecular weight is 379 g/mol. The third kappa shape index (κ3) is 4.55. The molecular formula is C16H17N3O6S. The van der Waals surface area contributed by atoms with E-state index < -0.39 is 20.9 Å². The third-order valence-electron chi connectivity index (χ3n) is 3.26. The topological polar surface area (TPSA) is 133 Å². The van der Waals surface area contributed by atoms with Crippen molar-refractivity contribution in [2.75, 3.05) is 17.1 Å². The van der Waals surface area contributed by atoms with Gasteiger partial charge in [-0.05, 0) is 18.2 Å². The van der Waals surface area contributed by atoms with Gasteiger partial charge in [0.25, 0.3) is 5.69 Å². The molecule has 9 nitrogen and oxygen atoms in total. The molecule has 0 saturated heterocycles. The second-order valence-corrected chi connectivity index (χ2v) is 7.12. The van der Waals surface area contributed by atoms with Crippen LogP contribution in [0.15, 0.2) is 48.5 Å². The van der Waals surface area contributed by atoms with Gasteiger partial charge in [-0.1, -0.05) is 18.2 Å². The van der Waals surface area contributed by atoms with Gasteiger partial charge in [0.15, 0.2) is 5.75 Å². The van der Waals surface area contributed by atoms with E-state index in [1.807, 2.05) is 0 Å². The van der Waals surface area contributed by atoms with E-state index in [2.05, 4.69) is 0 Å². The van der Waals surface area contributed by atoms with E-state index in [0.717, 1.165) is 24.5 Å². The first-order chi connectivity index (χ1) is 12.2. The quantitative estimate of drug-likeness (QED) is 0.575. The van der Waals surface area contributed by atoms with Gasteiger partial charge >= 0.3 is 0 Å². The molecule has 0 heterocycles. The molecular weight excluding hydrogens is 362 g/mol. The van der Waals surface area contributed by atoms with Crippen LogP contribution < -0.4 is 14.8 Å². The minimum atomic E-state index is -4.01. The van der Waals surface area contributed by atoms with Crippen LogP contribution in [0.4, 0.5) is 11.4 Å². The van der Waals surface area contributed by atoms with Crippen molar-refractivity contribution in [2.45, 2.75) is 6.42 Å². The summed E-state index contributed by atoms with van der Waals surface area (Å²) in [5.74, 6) is -0.572. The molecule has 0 atom stereocenters. The van der Waals surface area contributed by atoms with Gasteiger partial charge in [-0.15, -0.1) is 0 Å². The number of nitro benzene ring substituents is 1. The van der Waals surface area contributed by atoms with Crippen LogP contribution in [0, 0.1) is 10.1 Å². The Hall–Kier alpha value is -2.98. The summed E-state index contributed by atoms with van der Waals surface area (Å²) in [6.07, 6.45) is 0.643. The Labute approximate surface area is 150 Å². The first kappa shape index (κ1) is 19.3. The maximum Gasteiger partial charge on any atom is 0.273 e. The molecule has 0 fully saturated rings. The lowest BCUT2D eigenvalue weighted by atomic mass is 10.2. The lowest BCUT2D eigenvalue weighted by molar-refractivity contribution is -0.384. The Balaban J connectivity index is 2.61. The van der Waals surface area contributed by atoms with E-state index in [-0.39, 0.29) is 30.1 Å². The number of nitrogens with two attached hydrogens (primary N) is 1. The van der Waals surface area contributed by atoms with E-state index in [1.165, 1.54) is 0 Å². The monoisotopic (exact) mass is 379 g/mol. The highest BCUT2D eigenvalue weighted by Gasteiger charge is 2.29. The van der Waals surface area contributed by atoms with E-state index in [9.17, 15) is 23.3 Å². The number of para-hydroxylation sites is 1. The summed E-state index contributed by atoms with van der Waals surface area (Å²) < 4.78 is 30.4. The van der Waals surface area contributed by atoms with Crippen LogP contribution in [0.5, 0.6) is 11.5 Å². The molecule has 0 aliphatic carbocycles. The smallest absolute Gasteiger partial charge is 0.273 e. The Bertz CT molecular complexity index is 915. The standard InChI is InChI=1S/C16H17N3O6S/c1-26(23,24)18(16(20)9-10-17)14-8-7-12(19(21)22)11-15(14)25-13-5-3-2-4-6-13/h2-8,11H,9-10,17H2,1H3. The lowest BCUT2D eigenvalue weighted by Crippen LogP contribution is -2.37. The molecule has 0 aromatic heterocycles. The number of ether oxygens (including phenoxy) is 1. The highest BCUT2D eigenvalue weighted by Crippen LogP contribution is 2.37. The number of nitro groups is 1. The fraction of sp³-hybridized carbons (Fsp3) is 0.188. The maximum atomic E-state index is 12.3. The van der Waals surface area contributed by atoms with E-state index in [0.29, 0.717) is 10.1 Å². The summed E-state index contributed by atoms with van der Waals surface area (Å²) >= 11 is 0. The number of carbonyl (C=O) groups excluding carboxylic acids is 1. The van der Waals surface area contributed by atoms with Crippen molar-refractivity contribution in [3.05, 3.63) is 58.6 Å². The molecule has 1 amide bonds. The molecule has 0 radical (unpaired) electrons. The van der Waals surface area contributed by atoms with Gasteiger partial charge < -0.3 is 10.5 Å². The fourth-order valence-corrected chi connectivity index (χ4v) is 3.17. The SMILES string of the molecule is CS(=O)(=O)N(C(=O)CCN)c1ccc([N+](=O)[O-])cc1Oc1ccccc1. The summed E-state index contributed by atoms with van der Waals surface area (Å²) in [4.78, 5) is 22.7. The van der Waals surface area contributed by atoms with Crippen LogP contribution in [-0.4, -0.2) is 32.0 Å². The molecule has 26 heavy (non-hydrogen) atoms. The Morgan fingerprint density at radius 1 is 1.23 bits per heavy atom. The summed E-state index contributed by atoms with van der Waals surface area (Å²) in [6.45, 7) is -0.0489. The zero-order valence-corrected chi connectivity index (χ0v) is 14.7. The predicted molar refractivity (Wildman–Crippen MR) is 95.6 cm³/mol. The molecule has 0 unspecified atom stereocenters. The third-order valence-corrected chi connectivity index (χ3v) is 4.32. The number of non-ortho nitro benzene ring substituents is 1. The fourth-order valence-electron chi connectivity index (χ4n) is 2.20. The minimum absolute atomic E-state index is 0.0489. The Kier molecular flexibility index (Phi) is 5.90. The van der Waals surface area contributed by atoms with Crippen molar-refractivity contribution >= 4 is 27.3 Å². The van der Waals surface area contributed by atoms with Gasteiger partial charge in [0, 0.05) is 19.0 Å². The lowest BCUT2D eigenvalue weighted by Gasteiger charge is -2.22. The summed E-state index contributed by atoms with van der Waals surface area (Å²) in [5, 5.41) is 11.1. The second kappa shape index (κ2) is 7.93. The van der Waals surface area contributed by atoms with Crippen LogP contribution in [-0.2, 0) is 14.8 Å². The number of rotatable bonds is 7. The minimum Gasteiger partial charge on any atom is -0.455 e. The van der Waals surface area contributed by atoms with Gasteiger partial charge in [-0.2, -0.15) is 0 Å². The molecule has 2 aromatic rings. The molecule has 2 rings (SSSR count). The maximum absolute atomic E-state index is 12.3. The predicted octanol–water partition coefficient (Wildman–Crippen LogP) is 2.03. The zero-order valence-electron chi connectivity index (χ0n) is 13.9. The molecule has 2 N–H and O–H groups in total. The van der Waals surface area contributed by atoms with Gasteiger partial charge in [0.1, 0.15) is 11.4 Å². The number of carbonyl (C=O) groups is 1. The van der Waals surface area contributed by atoms with Gasteiger partial charge in [0.2, 0.25) is 15.9 Å². The second-order valence-electron chi connectivity index (χ2n) is 5.28. The Morgan fingerprint density at radius 3 is 2.42 bits per heavy atom. The first-order valence-electron chi connectivity index (χ1n) is 7.48. The molecule has 0 aliphatic rings. The number of sulfonamides is 1. The van der Waals surface area contributed by atoms with E-state index in [4.69, 9.17) is 10.5 Å². The highest BCUT2D eigenvalue weighted by atomic mass is 32.2. The van der Waals surface area contributed by atoms with Crippen molar-refractivity contribution in [1.29, 1.82) is 0 Å². The largest absolute Gasteiger partial charge is 0.455 e. The molecule has 0 saturated carbocycles. The van der Waals surface area contributed by atoms with Crippen LogP contribution in [0.25, 0.3) is 0 Å². The first-order valence-corrected chi connectivity index (χ1v) is 9.33. The van der Waals surface area contributed by atoms with Gasteiger partial charge in [-0.25, -0.2) is 12.7 Å². The number of benzene rings is 2. The van der Waals surface area contributed by atoms with Crippen molar-refractivity contribution in [3.8, 4) is 11.5 Å². The van der Waals surface area contributed by atoms with Crippen molar-refractivity contribution in [3.63, 3.8) is 0 Å². The van der Waals surface area contributed by atoms with Crippen LogP contribution in [0.2, 0.25) is 0 Å². The van der Waals surface area contributed by atoms with Gasteiger partial charge in [0.05, 0.1) is 17.2 Å². The van der Waals surface area contributed by atoms with Crippen molar-refractivity contribution in [1.82, 2.24) is 0 Å². The molecule has 0 bridgehead atoms. The number of nitrogens with zero attached hydrogens (tertiary/aromatic N) is 2. The molecule has 138 valence electrons. The summed E-state index contributed by atoms with van der Waals surface area (Å²) in [5.41, 5.74) is 4.92. The average Bonchev–Trinajstić information content (AvgIpc) is 2.56. The van der Waals surface area contributed by atoms with Crippen molar-refractivity contribution < 1.29 is 22.9 Å². The van der Waals surface area contributed by atoms with Crippen LogP contribution >= 0.6 is 0 Å². The van der Waals surface area contributed by atoms with Crippen LogP contribution in [0.1, 0.15) is 6.42 Å². The van der Waals surface area contributed by atoms with Gasteiger partial charge in [-0.3, -0.25) is 14.9 Å². The number of amides is 1. The summed E-state index contributed by atoms with van der Waals surface area (Å²) in [6, 6.07) is 11.6. The zero-order chi connectivity index (χ0) is 19.3. The summed E-state index contributed by atoms with van der Waals surface area (Å²) in [7, 11) is -4.01. The van der Waals surface area contributed by atoms with E-state index >= 15 is 0 Å². The van der Waals surface area contributed by atoms with Crippen LogP contribution in [0.3, 0.4) is 0 Å². The number of hydrogen-bond donors (Lipinski definition) is 1. The normalized spacial score (nSPS) is 11.0. The Morgan fingerprint density at radius 2 is 1.88 bits per heavy atom. The number of hydrogen-bond acceptors (Lipinski definition) is 7. The number of anilines is 1. The molecule has 0 spiro atoms. The van der Waals surface area contributed by atoms with E-state index in [1.54, 1.807) is 30.3 Å².